The molecular weight excluding hydrogens is 467 g/mol. The summed E-state index contributed by atoms with van der Waals surface area (Å²) in [6.07, 6.45) is -0.304. The molecule has 30 heavy (non-hydrogen) atoms. The van der Waals surface area contributed by atoms with Gasteiger partial charge in [0, 0.05) is 7.05 Å². The average molecular weight is 486 g/mol. The summed E-state index contributed by atoms with van der Waals surface area (Å²) < 4.78 is 7.83. The number of rotatable bonds is 7. The second-order valence-corrected chi connectivity index (χ2v) is 8.67. The molecule has 10 heteroatoms. The number of nitrogens with one attached hydrogen (secondary N) is 1. The summed E-state index contributed by atoms with van der Waals surface area (Å²) in [5, 5.41) is 12.7. The first-order chi connectivity index (χ1) is 14.3. The van der Waals surface area contributed by atoms with Crippen LogP contribution in [0.4, 0.5) is 5.69 Å². The van der Waals surface area contributed by atoms with E-state index in [0.29, 0.717) is 31.7 Å². The van der Waals surface area contributed by atoms with Gasteiger partial charge in [0.05, 0.1) is 26.5 Å². The van der Waals surface area contributed by atoms with Gasteiger partial charge in [-0.15, -0.1) is 10.2 Å². The lowest BCUT2D eigenvalue weighted by atomic mass is 10.2. The molecule has 1 unspecified atom stereocenters. The Bertz CT molecular complexity index is 1070. The van der Waals surface area contributed by atoms with Gasteiger partial charge in [0.15, 0.2) is 17.1 Å². The van der Waals surface area contributed by atoms with Crippen molar-refractivity contribution in [3.63, 3.8) is 0 Å². The minimum Gasteiger partial charge on any atom is -0.482 e. The van der Waals surface area contributed by atoms with Crippen molar-refractivity contribution in [3.05, 3.63) is 62.9 Å². The summed E-state index contributed by atoms with van der Waals surface area (Å²) in [7, 11) is 1.84. The molecule has 3 aromatic rings. The van der Waals surface area contributed by atoms with Crippen LogP contribution < -0.4 is 10.1 Å². The number of hydrogen-bond acceptors (Lipinski definition) is 5. The van der Waals surface area contributed by atoms with Crippen molar-refractivity contribution in [2.24, 2.45) is 7.05 Å². The predicted molar refractivity (Wildman–Crippen MR) is 122 cm³/mol. The number of hydrogen-bond donors (Lipinski definition) is 1. The van der Waals surface area contributed by atoms with E-state index in [1.807, 2.05) is 49.7 Å². The Labute approximate surface area is 193 Å². The summed E-state index contributed by atoms with van der Waals surface area (Å²) >= 11 is 19.2. The SMILES string of the molecule is Cc1ccccc1OC(C)c1nnc(SCC(=O)Nc2cc(Cl)c(Cl)cc2Cl)n1C. The first-order valence-corrected chi connectivity index (χ1v) is 11.1. The fourth-order valence-electron chi connectivity index (χ4n) is 2.67. The summed E-state index contributed by atoms with van der Waals surface area (Å²) in [6.45, 7) is 3.89. The Morgan fingerprint density at radius 1 is 1.17 bits per heavy atom. The van der Waals surface area contributed by atoms with Crippen molar-refractivity contribution in [1.29, 1.82) is 0 Å². The molecule has 1 atom stereocenters. The van der Waals surface area contributed by atoms with E-state index < -0.39 is 0 Å². The van der Waals surface area contributed by atoms with Crippen LogP contribution in [0.1, 0.15) is 24.4 Å². The molecule has 3 rings (SSSR count). The molecule has 1 heterocycles. The van der Waals surface area contributed by atoms with Gasteiger partial charge in [-0.05, 0) is 37.6 Å². The van der Waals surface area contributed by atoms with Gasteiger partial charge in [-0.3, -0.25) is 4.79 Å². The maximum absolute atomic E-state index is 12.3. The number of anilines is 1. The van der Waals surface area contributed by atoms with Gasteiger partial charge in [-0.1, -0.05) is 64.8 Å². The number of ether oxygens (including phenoxy) is 1. The van der Waals surface area contributed by atoms with Gasteiger partial charge in [-0.2, -0.15) is 0 Å². The Morgan fingerprint density at radius 3 is 2.60 bits per heavy atom. The van der Waals surface area contributed by atoms with Gasteiger partial charge in [0.2, 0.25) is 5.91 Å². The fraction of sp³-hybridized carbons (Fsp3) is 0.250. The normalized spacial score (nSPS) is 11.9. The van der Waals surface area contributed by atoms with Gasteiger partial charge < -0.3 is 14.6 Å². The second-order valence-electron chi connectivity index (χ2n) is 6.51. The topological polar surface area (TPSA) is 69.0 Å². The van der Waals surface area contributed by atoms with E-state index >= 15 is 0 Å². The number of aryl methyl sites for hydroxylation is 1. The molecule has 0 aliphatic carbocycles. The van der Waals surface area contributed by atoms with E-state index in [2.05, 4.69) is 15.5 Å². The zero-order valence-corrected chi connectivity index (χ0v) is 19.5. The fourth-order valence-corrected chi connectivity index (χ4v) is 3.98. The highest BCUT2D eigenvalue weighted by molar-refractivity contribution is 7.99. The van der Waals surface area contributed by atoms with E-state index in [4.69, 9.17) is 39.5 Å². The van der Waals surface area contributed by atoms with Crippen molar-refractivity contribution >= 4 is 58.2 Å². The van der Waals surface area contributed by atoms with Crippen LogP contribution in [-0.4, -0.2) is 26.4 Å². The third-order valence-electron chi connectivity index (χ3n) is 4.25. The van der Waals surface area contributed by atoms with Gasteiger partial charge in [0.1, 0.15) is 5.75 Å². The van der Waals surface area contributed by atoms with Crippen LogP contribution in [0.25, 0.3) is 0 Å². The molecule has 1 aromatic heterocycles. The lowest BCUT2D eigenvalue weighted by Gasteiger charge is -2.15. The van der Waals surface area contributed by atoms with Crippen LogP contribution in [0, 0.1) is 6.92 Å². The summed E-state index contributed by atoms with van der Waals surface area (Å²) in [5.41, 5.74) is 1.44. The summed E-state index contributed by atoms with van der Waals surface area (Å²) in [5.74, 6) is 1.32. The smallest absolute Gasteiger partial charge is 0.234 e. The van der Waals surface area contributed by atoms with Crippen molar-refractivity contribution in [2.45, 2.75) is 25.1 Å². The maximum Gasteiger partial charge on any atom is 0.234 e. The monoisotopic (exact) mass is 484 g/mol. The lowest BCUT2D eigenvalue weighted by Crippen LogP contribution is -2.15. The van der Waals surface area contributed by atoms with E-state index in [-0.39, 0.29) is 17.8 Å². The summed E-state index contributed by atoms with van der Waals surface area (Å²) in [4.78, 5) is 12.3. The molecule has 2 aromatic carbocycles. The minimum absolute atomic E-state index is 0.121. The van der Waals surface area contributed by atoms with Crippen LogP contribution in [-0.2, 0) is 11.8 Å². The number of aromatic nitrogens is 3. The highest BCUT2D eigenvalue weighted by atomic mass is 35.5. The van der Waals surface area contributed by atoms with Crippen LogP contribution in [0.15, 0.2) is 41.6 Å². The van der Waals surface area contributed by atoms with Gasteiger partial charge in [0.25, 0.3) is 0 Å². The molecule has 1 amide bonds. The first kappa shape index (κ1) is 22.7. The first-order valence-electron chi connectivity index (χ1n) is 8.95. The zero-order valence-electron chi connectivity index (χ0n) is 16.4. The number of carbonyl (C=O) groups excluding carboxylic acids is 1. The van der Waals surface area contributed by atoms with Crippen LogP contribution in [0.3, 0.4) is 0 Å². The van der Waals surface area contributed by atoms with Crippen LogP contribution in [0.5, 0.6) is 5.75 Å². The lowest BCUT2D eigenvalue weighted by molar-refractivity contribution is -0.113. The zero-order chi connectivity index (χ0) is 21.8. The predicted octanol–water partition coefficient (Wildman–Crippen LogP) is 5.95. The number of halogens is 3. The minimum atomic E-state index is -0.304. The molecule has 0 fully saturated rings. The molecule has 0 spiro atoms. The van der Waals surface area contributed by atoms with Crippen molar-refractivity contribution in [2.75, 3.05) is 11.1 Å². The molecule has 0 saturated heterocycles. The van der Waals surface area contributed by atoms with Crippen molar-refractivity contribution < 1.29 is 9.53 Å². The number of benzene rings is 2. The molecule has 0 aliphatic rings. The van der Waals surface area contributed by atoms with E-state index in [0.717, 1.165) is 11.3 Å². The molecule has 0 bridgehead atoms. The molecule has 158 valence electrons. The number of para-hydroxylation sites is 1. The molecule has 6 nitrogen and oxygen atoms in total. The Hall–Kier alpha value is -1.93. The molecular formula is C20H19Cl3N4O2S. The van der Waals surface area contributed by atoms with E-state index in [9.17, 15) is 4.79 Å². The van der Waals surface area contributed by atoms with Gasteiger partial charge in [-0.25, -0.2) is 0 Å². The standard InChI is InChI=1S/C20H19Cl3N4O2S/c1-11-6-4-5-7-17(11)29-12(2)19-25-26-20(27(19)3)30-10-18(28)24-16-9-14(22)13(21)8-15(16)23/h4-9,12H,10H2,1-3H3,(H,24,28). The third kappa shape index (κ3) is 5.40. The number of amides is 1. The Morgan fingerprint density at radius 2 is 1.87 bits per heavy atom. The van der Waals surface area contributed by atoms with E-state index in [1.165, 1.54) is 23.9 Å². The Balaban J connectivity index is 1.62. The van der Waals surface area contributed by atoms with E-state index in [1.54, 1.807) is 0 Å². The average Bonchev–Trinajstić information content (AvgIpc) is 3.07. The summed E-state index contributed by atoms with van der Waals surface area (Å²) in [6, 6.07) is 10.8. The molecule has 0 aliphatic heterocycles. The highest BCUT2D eigenvalue weighted by Crippen LogP contribution is 2.32. The maximum atomic E-state index is 12.3. The molecule has 1 N–H and O–H groups in total. The van der Waals surface area contributed by atoms with Crippen molar-refractivity contribution in [3.8, 4) is 5.75 Å². The highest BCUT2D eigenvalue weighted by Gasteiger charge is 2.19. The van der Waals surface area contributed by atoms with Crippen LogP contribution >= 0.6 is 46.6 Å². The molecule has 0 saturated carbocycles. The van der Waals surface area contributed by atoms with Crippen LogP contribution in [0.2, 0.25) is 15.1 Å². The van der Waals surface area contributed by atoms with Gasteiger partial charge >= 0.3 is 0 Å². The quantitative estimate of drug-likeness (QED) is 0.330. The Kier molecular flexibility index (Phi) is 7.52. The largest absolute Gasteiger partial charge is 0.482 e. The van der Waals surface area contributed by atoms with Crippen molar-refractivity contribution in [1.82, 2.24) is 14.8 Å². The number of nitrogens with zero attached hydrogens (tertiary/aromatic N) is 3. The third-order valence-corrected chi connectivity index (χ3v) is 6.30. The number of thioether (sulfide) groups is 1. The second kappa shape index (κ2) is 9.92. The molecule has 0 radical (unpaired) electrons. The number of carbonyl (C=O) groups is 1.